The number of ether oxygens (including phenoxy) is 1. The second kappa shape index (κ2) is 7.67. The van der Waals surface area contributed by atoms with Crippen LogP contribution in [-0.2, 0) is 11.3 Å². The molecule has 2 aromatic rings. The minimum atomic E-state index is -0.237. The van der Waals surface area contributed by atoms with E-state index in [2.05, 4.69) is 17.6 Å². The molecule has 148 valence electrons. The first-order chi connectivity index (χ1) is 13.5. The van der Waals surface area contributed by atoms with Crippen LogP contribution in [0, 0.1) is 15.8 Å². The first kappa shape index (κ1) is 19.1. The third-order valence-corrected chi connectivity index (χ3v) is 7.07. The van der Waals surface area contributed by atoms with Gasteiger partial charge in [-0.3, -0.25) is 9.59 Å². The van der Waals surface area contributed by atoms with Crippen LogP contribution in [0.3, 0.4) is 0 Å². The van der Waals surface area contributed by atoms with Crippen LogP contribution in [0.4, 0.5) is 5.82 Å². The second-order valence-corrected chi connectivity index (χ2v) is 9.14. The van der Waals surface area contributed by atoms with Crippen LogP contribution >= 0.6 is 23.6 Å². The molecule has 1 fully saturated rings. The highest BCUT2D eigenvalue weighted by molar-refractivity contribution is 7.73. The van der Waals surface area contributed by atoms with E-state index in [1.165, 1.54) is 11.3 Å². The van der Waals surface area contributed by atoms with Gasteiger partial charge in [0, 0.05) is 18.2 Å². The van der Waals surface area contributed by atoms with E-state index in [9.17, 15) is 9.59 Å². The van der Waals surface area contributed by atoms with Gasteiger partial charge in [-0.25, -0.2) is 0 Å². The molecule has 28 heavy (non-hydrogen) atoms. The highest BCUT2D eigenvalue weighted by Gasteiger charge is 2.41. The molecule has 2 aliphatic rings. The Kier molecular flexibility index (Phi) is 5.25. The average molecular weight is 418 g/mol. The SMILES string of the molecule is COc1ccccc1CNC(=O)c1sc(=S)n2c1NC(=O)C1CC(C)CCC12. The average Bonchev–Trinajstić information content (AvgIpc) is 3.03. The summed E-state index contributed by atoms with van der Waals surface area (Å²) in [5.41, 5.74) is 0.889. The summed E-state index contributed by atoms with van der Waals surface area (Å²) in [6.07, 6.45) is 2.85. The van der Waals surface area contributed by atoms with Crippen molar-refractivity contribution >= 4 is 41.2 Å². The number of hydrogen-bond donors (Lipinski definition) is 2. The number of rotatable bonds is 4. The summed E-state index contributed by atoms with van der Waals surface area (Å²) in [6.45, 7) is 2.52. The molecule has 1 aliphatic heterocycles. The summed E-state index contributed by atoms with van der Waals surface area (Å²) in [4.78, 5) is 26.0. The standard InChI is InChI=1S/C20H23N3O3S2/c1-11-7-8-14-13(9-11)18(24)22-17-16(28-20(27)23(14)17)19(25)21-10-12-5-3-4-6-15(12)26-2/h3-6,11,13-14H,7-10H2,1-2H3,(H,21,25)(H,22,24). The molecular weight excluding hydrogens is 394 g/mol. The van der Waals surface area contributed by atoms with Crippen molar-refractivity contribution in [3.05, 3.63) is 38.7 Å². The van der Waals surface area contributed by atoms with Crippen molar-refractivity contribution in [2.24, 2.45) is 11.8 Å². The lowest BCUT2D eigenvalue weighted by Gasteiger charge is -2.39. The van der Waals surface area contributed by atoms with E-state index in [4.69, 9.17) is 17.0 Å². The van der Waals surface area contributed by atoms with Gasteiger partial charge < -0.3 is 19.9 Å². The van der Waals surface area contributed by atoms with Crippen LogP contribution in [0.25, 0.3) is 0 Å². The van der Waals surface area contributed by atoms with Crippen LogP contribution in [0.5, 0.6) is 5.75 Å². The number of thiazole rings is 1. The molecule has 2 heterocycles. The third-order valence-electron chi connectivity index (χ3n) is 5.67. The number of carbonyl (C=O) groups excluding carboxylic acids is 2. The van der Waals surface area contributed by atoms with Crippen molar-refractivity contribution in [1.29, 1.82) is 0 Å². The van der Waals surface area contributed by atoms with Crippen molar-refractivity contribution in [3.8, 4) is 5.75 Å². The number of fused-ring (bicyclic) bond motifs is 3. The van der Waals surface area contributed by atoms with Crippen LogP contribution in [0.15, 0.2) is 24.3 Å². The van der Waals surface area contributed by atoms with Gasteiger partial charge in [0.25, 0.3) is 5.91 Å². The topological polar surface area (TPSA) is 72.4 Å². The number of carbonyl (C=O) groups is 2. The fourth-order valence-corrected chi connectivity index (χ4v) is 5.61. The molecule has 3 unspecified atom stereocenters. The van der Waals surface area contributed by atoms with Crippen LogP contribution in [0.1, 0.15) is 47.5 Å². The van der Waals surface area contributed by atoms with Gasteiger partial charge in [0.05, 0.1) is 13.0 Å². The van der Waals surface area contributed by atoms with Crippen LogP contribution in [-0.4, -0.2) is 23.5 Å². The molecule has 0 radical (unpaired) electrons. The number of anilines is 1. The van der Waals surface area contributed by atoms with E-state index in [1.54, 1.807) is 7.11 Å². The molecule has 6 nitrogen and oxygen atoms in total. The molecule has 1 aromatic carbocycles. The Balaban J connectivity index is 1.59. The Bertz CT molecular complexity index is 981. The van der Waals surface area contributed by atoms with E-state index in [0.29, 0.717) is 27.1 Å². The molecule has 0 spiro atoms. The number of benzene rings is 1. The van der Waals surface area contributed by atoms with E-state index in [0.717, 1.165) is 30.6 Å². The van der Waals surface area contributed by atoms with E-state index in [-0.39, 0.29) is 23.8 Å². The zero-order valence-corrected chi connectivity index (χ0v) is 17.5. The van der Waals surface area contributed by atoms with Crippen molar-refractivity contribution in [2.45, 2.75) is 38.8 Å². The number of methoxy groups -OCH3 is 1. The van der Waals surface area contributed by atoms with Gasteiger partial charge in [-0.2, -0.15) is 0 Å². The van der Waals surface area contributed by atoms with E-state index < -0.39 is 0 Å². The van der Waals surface area contributed by atoms with Gasteiger partial charge in [-0.15, -0.1) is 0 Å². The van der Waals surface area contributed by atoms with Crippen molar-refractivity contribution < 1.29 is 14.3 Å². The Labute approximate surface area is 172 Å². The molecule has 8 heteroatoms. The number of hydrogen-bond acceptors (Lipinski definition) is 5. The largest absolute Gasteiger partial charge is 0.496 e. The predicted molar refractivity (Wildman–Crippen MR) is 111 cm³/mol. The normalized spacial score (nSPS) is 23.4. The Morgan fingerprint density at radius 3 is 2.96 bits per heavy atom. The van der Waals surface area contributed by atoms with E-state index in [1.807, 2.05) is 28.8 Å². The molecule has 2 N–H and O–H groups in total. The number of nitrogens with one attached hydrogen (secondary N) is 2. The summed E-state index contributed by atoms with van der Waals surface area (Å²) in [7, 11) is 1.60. The third kappa shape index (κ3) is 3.35. The Morgan fingerprint density at radius 1 is 1.39 bits per heavy atom. The summed E-state index contributed by atoms with van der Waals surface area (Å²) >= 11 is 6.82. The smallest absolute Gasteiger partial charge is 0.265 e. The number of para-hydroxylation sites is 1. The quantitative estimate of drug-likeness (QED) is 0.733. The van der Waals surface area contributed by atoms with Gasteiger partial charge in [0.1, 0.15) is 16.4 Å². The zero-order valence-electron chi connectivity index (χ0n) is 15.9. The number of nitrogens with zero attached hydrogens (tertiary/aromatic N) is 1. The maximum Gasteiger partial charge on any atom is 0.265 e. The predicted octanol–water partition coefficient (Wildman–Crippen LogP) is 4.15. The summed E-state index contributed by atoms with van der Waals surface area (Å²) in [6, 6.07) is 7.61. The minimum Gasteiger partial charge on any atom is -0.496 e. The van der Waals surface area contributed by atoms with Crippen LogP contribution < -0.4 is 15.4 Å². The Morgan fingerprint density at radius 2 is 2.18 bits per heavy atom. The van der Waals surface area contributed by atoms with Gasteiger partial charge in [-0.1, -0.05) is 36.5 Å². The maximum absolute atomic E-state index is 12.9. The Hall–Kier alpha value is -2.19. The first-order valence-corrected chi connectivity index (χ1v) is 10.7. The molecule has 0 saturated heterocycles. The summed E-state index contributed by atoms with van der Waals surface area (Å²) < 4.78 is 7.97. The summed E-state index contributed by atoms with van der Waals surface area (Å²) in [5, 5.41) is 5.88. The summed E-state index contributed by atoms with van der Waals surface area (Å²) in [5.74, 6) is 1.50. The molecule has 1 aliphatic carbocycles. The molecule has 0 bridgehead atoms. The van der Waals surface area contributed by atoms with Gasteiger partial charge in [0.15, 0.2) is 3.95 Å². The highest BCUT2D eigenvalue weighted by atomic mass is 32.1. The molecule has 2 amide bonds. The van der Waals surface area contributed by atoms with Crippen LogP contribution in [0.2, 0.25) is 0 Å². The molecular formula is C20H23N3O3S2. The number of amides is 2. The molecule has 3 atom stereocenters. The first-order valence-electron chi connectivity index (χ1n) is 9.46. The minimum absolute atomic E-state index is 0.00290. The van der Waals surface area contributed by atoms with Crippen molar-refractivity contribution in [3.63, 3.8) is 0 Å². The maximum atomic E-state index is 12.9. The van der Waals surface area contributed by atoms with Gasteiger partial charge >= 0.3 is 0 Å². The van der Waals surface area contributed by atoms with Crippen molar-refractivity contribution in [1.82, 2.24) is 9.88 Å². The second-order valence-electron chi connectivity index (χ2n) is 7.49. The van der Waals surface area contributed by atoms with Gasteiger partial charge in [0.2, 0.25) is 5.91 Å². The molecule has 1 saturated carbocycles. The monoisotopic (exact) mass is 417 g/mol. The fourth-order valence-electron chi connectivity index (χ4n) is 4.23. The highest BCUT2D eigenvalue weighted by Crippen LogP contribution is 2.44. The lowest BCUT2D eigenvalue weighted by Crippen LogP contribution is -2.41. The fraction of sp³-hybridized carbons (Fsp3) is 0.450. The van der Waals surface area contributed by atoms with Crippen molar-refractivity contribution in [2.75, 3.05) is 12.4 Å². The van der Waals surface area contributed by atoms with E-state index >= 15 is 0 Å². The molecule has 4 rings (SSSR count). The lowest BCUT2D eigenvalue weighted by molar-refractivity contribution is -0.123. The van der Waals surface area contributed by atoms with Gasteiger partial charge in [-0.05, 0) is 43.5 Å². The molecule has 1 aromatic heterocycles. The zero-order chi connectivity index (χ0) is 19.8. The number of aromatic nitrogens is 1. The lowest BCUT2D eigenvalue weighted by atomic mass is 9.77.